The summed E-state index contributed by atoms with van der Waals surface area (Å²) < 4.78 is 0. The van der Waals surface area contributed by atoms with Crippen LogP contribution in [0, 0.1) is 18.3 Å². The van der Waals surface area contributed by atoms with Crippen LogP contribution in [-0.2, 0) is 6.54 Å². The van der Waals surface area contributed by atoms with E-state index in [4.69, 9.17) is 0 Å². The number of aromatic nitrogens is 2. The smallest absolute Gasteiger partial charge is 0.146 e. The van der Waals surface area contributed by atoms with Crippen molar-refractivity contribution in [1.29, 1.82) is 5.26 Å². The van der Waals surface area contributed by atoms with E-state index in [1.807, 2.05) is 31.3 Å². The fourth-order valence-electron chi connectivity index (χ4n) is 2.74. The summed E-state index contributed by atoms with van der Waals surface area (Å²) in [6, 6.07) is 10.1. The van der Waals surface area contributed by atoms with Crippen LogP contribution in [0.4, 0.5) is 5.82 Å². The summed E-state index contributed by atoms with van der Waals surface area (Å²) in [6.07, 6.45) is 3.72. The summed E-state index contributed by atoms with van der Waals surface area (Å²) in [5.41, 5.74) is 2.85. The third kappa shape index (κ3) is 3.23. The first kappa shape index (κ1) is 14.5. The van der Waals surface area contributed by atoms with Crippen molar-refractivity contribution in [3.63, 3.8) is 0 Å². The van der Waals surface area contributed by atoms with E-state index in [2.05, 4.69) is 31.9 Å². The molecule has 0 unspecified atom stereocenters. The fourth-order valence-corrected chi connectivity index (χ4v) is 2.74. The number of pyridine rings is 2. The van der Waals surface area contributed by atoms with Gasteiger partial charge < -0.3 is 4.90 Å². The van der Waals surface area contributed by atoms with Crippen molar-refractivity contribution in [3.8, 4) is 6.07 Å². The predicted octanol–water partition coefficient (Wildman–Crippen LogP) is 1.98. The SMILES string of the molecule is Cc1ccc(C#N)c(N2CCN(Cc3cccnc3)CC2)n1. The Bertz CT molecular complexity index is 669. The normalized spacial score (nSPS) is 15.5. The molecule has 0 aromatic carbocycles. The first-order chi connectivity index (χ1) is 10.8. The number of aryl methyl sites for hydroxylation is 1. The molecular weight excluding hydrogens is 274 g/mol. The first-order valence-electron chi connectivity index (χ1n) is 7.50. The number of hydrogen-bond acceptors (Lipinski definition) is 5. The molecule has 0 bridgehead atoms. The highest BCUT2D eigenvalue weighted by molar-refractivity contribution is 5.54. The molecule has 112 valence electrons. The molecule has 5 nitrogen and oxygen atoms in total. The third-order valence-electron chi connectivity index (χ3n) is 3.94. The molecule has 0 amide bonds. The Morgan fingerprint density at radius 1 is 1.18 bits per heavy atom. The summed E-state index contributed by atoms with van der Waals surface area (Å²) in [6.45, 7) is 6.61. The molecule has 2 aromatic heterocycles. The van der Waals surface area contributed by atoms with Gasteiger partial charge in [-0.05, 0) is 30.7 Å². The highest BCUT2D eigenvalue weighted by Gasteiger charge is 2.20. The molecule has 0 spiro atoms. The molecule has 0 saturated carbocycles. The quantitative estimate of drug-likeness (QED) is 0.866. The Hall–Kier alpha value is -2.45. The van der Waals surface area contributed by atoms with E-state index in [1.54, 1.807) is 6.20 Å². The molecule has 0 radical (unpaired) electrons. The molecular formula is C17H19N5. The first-order valence-corrected chi connectivity index (χ1v) is 7.50. The monoisotopic (exact) mass is 293 g/mol. The number of anilines is 1. The van der Waals surface area contributed by atoms with E-state index in [1.165, 1.54) is 5.56 Å². The van der Waals surface area contributed by atoms with Gasteiger partial charge in [0.25, 0.3) is 0 Å². The average molecular weight is 293 g/mol. The van der Waals surface area contributed by atoms with Gasteiger partial charge in [0, 0.05) is 50.8 Å². The van der Waals surface area contributed by atoms with Gasteiger partial charge in [0.05, 0.1) is 5.56 Å². The zero-order valence-corrected chi connectivity index (χ0v) is 12.7. The third-order valence-corrected chi connectivity index (χ3v) is 3.94. The van der Waals surface area contributed by atoms with Gasteiger partial charge in [-0.3, -0.25) is 9.88 Å². The lowest BCUT2D eigenvalue weighted by Gasteiger charge is -2.35. The van der Waals surface area contributed by atoms with Crippen LogP contribution < -0.4 is 4.90 Å². The van der Waals surface area contributed by atoms with Gasteiger partial charge >= 0.3 is 0 Å². The van der Waals surface area contributed by atoms with Crippen molar-refractivity contribution < 1.29 is 0 Å². The van der Waals surface area contributed by atoms with Crippen molar-refractivity contribution in [2.75, 3.05) is 31.1 Å². The van der Waals surface area contributed by atoms with E-state index >= 15 is 0 Å². The van der Waals surface area contributed by atoms with Gasteiger partial charge in [-0.25, -0.2) is 4.98 Å². The van der Waals surface area contributed by atoms with Gasteiger partial charge in [0.1, 0.15) is 11.9 Å². The van der Waals surface area contributed by atoms with Gasteiger partial charge in [-0.1, -0.05) is 6.07 Å². The second kappa shape index (κ2) is 6.54. The average Bonchev–Trinajstić information content (AvgIpc) is 2.56. The van der Waals surface area contributed by atoms with Gasteiger partial charge in [0.2, 0.25) is 0 Å². The summed E-state index contributed by atoms with van der Waals surface area (Å²) in [7, 11) is 0. The number of hydrogen-bond donors (Lipinski definition) is 0. The highest BCUT2D eigenvalue weighted by Crippen LogP contribution is 2.20. The largest absolute Gasteiger partial charge is 0.353 e. The molecule has 5 heteroatoms. The van der Waals surface area contributed by atoms with Crippen molar-refractivity contribution in [2.45, 2.75) is 13.5 Å². The summed E-state index contributed by atoms with van der Waals surface area (Å²) in [5.74, 6) is 0.823. The number of nitriles is 1. The maximum atomic E-state index is 9.25. The molecule has 1 aliphatic rings. The van der Waals surface area contributed by atoms with Crippen LogP contribution in [-0.4, -0.2) is 41.0 Å². The minimum Gasteiger partial charge on any atom is -0.353 e. The Kier molecular flexibility index (Phi) is 4.31. The maximum absolute atomic E-state index is 9.25. The molecule has 0 atom stereocenters. The summed E-state index contributed by atoms with van der Waals surface area (Å²) in [5, 5.41) is 9.25. The second-order valence-electron chi connectivity index (χ2n) is 5.56. The second-order valence-corrected chi connectivity index (χ2v) is 5.56. The molecule has 1 fully saturated rings. The Balaban J connectivity index is 1.65. The Labute approximate surface area is 130 Å². The van der Waals surface area contributed by atoms with Crippen LogP contribution in [0.25, 0.3) is 0 Å². The van der Waals surface area contributed by atoms with E-state index in [0.717, 1.165) is 44.2 Å². The van der Waals surface area contributed by atoms with Crippen LogP contribution in [0.2, 0.25) is 0 Å². The van der Waals surface area contributed by atoms with E-state index in [0.29, 0.717) is 5.56 Å². The molecule has 1 aliphatic heterocycles. The lowest BCUT2D eigenvalue weighted by Crippen LogP contribution is -2.46. The molecule has 3 heterocycles. The highest BCUT2D eigenvalue weighted by atomic mass is 15.3. The molecule has 3 rings (SSSR count). The van der Waals surface area contributed by atoms with Gasteiger partial charge in [-0.2, -0.15) is 5.26 Å². The van der Waals surface area contributed by atoms with Crippen LogP contribution in [0.3, 0.4) is 0 Å². The molecule has 0 aliphatic carbocycles. The zero-order valence-electron chi connectivity index (χ0n) is 12.7. The van der Waals surface area contributed by atoms with Crippen LogP contribution >= 0.6 is 0 Å². The fraction of sp³-hybridized carbons (Fsp3) is 0.353. The summed E-state index contributed by atoms with van der Waals surface area (Å²) >= 11 is 0. The number of nitrogens with zero attached hydrogens (tertiary/aromatic N) is 5. The van der Waals surface area contributed by atoms with Crippen molar-refractivity contribution in [3.05, 3.63) is 53.5 Å². The topological polar surface area (TPSA) is 56.1 Å². The number of rotatable bonds is 3. The van der Waals surface area contributed by atoms with E-state index in [-0.39, 0.29) is 0 Å². The van der Waals surface area contributed by atoms with Crippen LogP contribution in [0.15, 0.2) is 36.7 Å². The summed E-state index contributed by atoms with van der Waals surface area (Å²) in [4.78, 5) is 13.3. The minimum atomic E-state index is 0.659. The maximum Gasteiger partial charge on any atom is 0.146 e. The van der Waals surface area contributed by atoms with Crippen molar-refractivity contribution >= 4 is 5.82 Å². The standard InChI is InChI=1S/C17H19N5/c1-14-4-5-16(11-18)17(20-14)22-9-7-21(8-10-22)13-15-3-2-6-19-12-15/h2-6,12H,7-10,13H2,1H3. The lowest BCUT2D eigenvalue weighted by molar-refractivity contribution is 0.249. The molecule has 22 heavy (non-hydrogen) atoms. The lowest BCUT2D eigenvalue weighted by atomic mass is 10.2. The van der Waals surface area contributed by atoms with Gasteiger partial charge in [-0.15, -0.1) is 0 Å². The van der Waals surface area contributed by atoms with E-state index < -0.39 is 0 Å². The Morgan fingerprint density at radius 2 is 2.00 bits per heavy atom. The molecule has 1 saturated heterocycles. The van der Waals surface area contributed by atoms with Crippen LogP contribution in [0.5, 0.6) is 0 Å². The van der Waals surface area contributed by atoms with Crippen molar-refractivity contribution in [2.24, 2.45) is 0 Å². The Morgan fingerprint density at radius 3 is 2.68 bits per heavy atom. The predicted molar refractivity (Wildman–Crippen MR) is 85.4 cm³/mol. The molecule has 0 N–H and O–H groups in total. The van der Waals surface area contributed by atoms with Gasteiger partial charge in [0.15, 0.2) is 0 Å². The van der Waals surface area contributed by atoms with Crippen molar-refractivity contribution in [1.82, 2.24) is 14.9 Å². The minimum absolute atomic E-state index is 0.659. The molecule has 2 aromatic rings. The zero-order chi connectivity index (χ0) is 15.4. The van der Waals surface area contributed by atoms with Crippen LogP contribution in [0.1, 0.15) is 16.8 Å². The van der Waals surface area contributed by atoms with E-state index in [9.17, 15) is 5.26 Å². The number of piperazine rings is 1.